The van der Waals surface area contributed by atoms with Gasteiger partial charge in [-0.3, -0.25) is 0 Å². The highest BCUT2D eigenvalue weighted by Gasteiger charge is 2.11. The number of hydrogen-bond donors (Lipinski definition) is 1. The molecule has 144 valence electrons. The molecule has 0 amide bonds. The molecule has 2 heterocycles. The van der Waals surface area contributed by atoms with Crippen LogP contribution in [-0.2, 0) is 20.1 Å². The van der Waals surface area contributed by atoms with Crippen LogP contribution in [0.15, 0.2) is 35.6 Å². The lowest BCUT2D eigenvalue weighted by molar-refractivity contribution is 0.462. The topological polar surface area (TPSA) is 48.7 Å². The number of aromatic nitrogens is 2. The van der Waals surface area contributed by atoms with E-state index in [1.807, 2.05) is 56.0 Å². The van der Waals surface area contributed by atoms with Gasteiger partial charge in [0.05, 0.1) is 18.1 Å². The van der Waals surface area contributed by atoms with Gasteiger partial charge in [-0.05, 0) is 19.1 Å². The lowest BCUT2D eigenvalue weighted by atomic mass is 10.2. The van der Waals surface area contributed by atoms with Crippen LogP contribution in [0.3, 0.4) is 0 Å². The quantitative estimate of drug-likeness (QED) is 0.383. The lowest BCUT2D eigenvalue weighted by Crippen LogP contribution is -2.38. The van der Waals surface area contributed by atoms with Gasteiger partial charge < -0.3 is 19.7 Å². The van der Waals surface area contributed by atoms with Crippen molar-refractivity contribution in [1.29, 1.82) is 0 Å². The van der Waals surface area contributed by atoms with Crippen LogP contribution in [0, 0.1) is 0 Å². The Bertz CT molecular complexity index is 728. The molecule has 0 saturated heterocycles. The number of nitrogens with one attached hydrogen (secondary N) is 1. The number of pyridine rings is 1. The van der Waals surface area contributed by atoms with E-state index in [0.29, 0.717) is 6.54 Å². The van der Waals surface area contributed by atoms with Crippen LogP contribution in [0.4, 0.5) is 5.82 Å². The predicted molar refractivity (Wildman–Crippen MR) is 121 cm³/mol. The third kappa shape index (κ3) is 6.05. The molecule has 2 aromatic heterocycles. The Kier molecular flexibility index (Phi) is 9.21. The minimum atomic E-state index is 0. The van der Waals surface area contributed by atoms with Gasteiger partial charge in [-0.1, -0.05) is 17.7 Å². The second-order valence-corrected chi connectivity index (χ2v) is 6.60. The average Bonchev–Trinajstić information content (AvgIpc) is 2.88. The zero-order chi connectivity index (χ0) is 18.4. The predicted octanol–water partition coefficient (Wildman–Crippen LogP) is 3.36. The second-order valence-electron chi connectivity index (χ2n) is 6.17. The molecule has 0 saturated carbocycles. The SMILES string of the molecule is CCNC(=NCc1cccnc1N(C)C)N(C)Cc1cc(Cl)cn1C.I. The maximum atomic E-state index is 6.08. The van der Waals surface area contributed by atoms with Crippen molar-refractivity contribution in [1.82, 2.24) is 19.8 Å². The lowest BCUT2D eigenvalue weighted by Gasteiger charge is -2.22. The Morgan fingerprint density at radius 1 is 1.35 bits per heavy atom. The summed E-state index contributed by atoms with van der Waals surface area (Å²) in [6.45, 7) is 4.17. The Morgan fingerprint density at radius 2 is 2.08 bits per heavy atom. The van der Waals surface area contributed by atoms with E-state index in [1.165, 1.54) is 0 Å². The van der Waals surface area contributed by atoms with Crippen molar-refractivity contribution < 1.29 is 0 Å². The molecular weight excluding hydrogens is 463 g/mol. The van der Waals surface area contributed by atoms with Crippen molar-refractivity contribution in [2.75, 3.05) is 32.6 Å². The van der Waals surface area contributed by atoms with Gasteiger partial charge in [-0.25, -0.2) is 9.98 Å². The molecule has 2 rings (SSSR count). The van der Waals surface area contributed by atoms with Gasteiger partial charge in [-0.15, -0.1) is 24.0 Å². The molecule has 8 heteroatoms. The van der Waals surface area contributed by atoms with Gasteiger partial charge in [0.1, 0.15) is 5.82 Å². The summed E-state index contributed by atoms with van der Waals surface area (Å²) in [4.78, 5) is 13.3. The number of aryl methyl sites for hydroxylation is 1. The summed E-state index contributed by atoms with van der Waals surface area (Å²) in [6.07, 6.45) is 3.72. The van der Waals surface area contributed by atoms with Gasteiger partial charge in [0.25, 0.3) is 0 Å². The zero-order valence-corrected chi connectivity index (χ0v) is 19.1. The van der Waals surface area contributed by atoms with E-state index in [2.05, 4.69) is 28.2 Å². The smallest absolute Gasteiger partial charge is 0.194 e. The molecule has 26 heavy (non-hydrogen) atoms. The highest BCUT2D eigenvalue weighted by atomic mass is 127. The Hall–Kier alpha value is -1.48. The summed E-state index contributed by atoms with van der Waals surface area (Å²) >= 11 is 6.08. The zero-order valence-electron chi connectivity index (χ0n) is 16.0. The summed E-state index contributed by atoms with van der Waals surface area (Å²) in [7, 11) is 8.01. The minimum absolute atomic E-state index is 0. The maximum Gasteiger partial charge on any atom is 0.194 e. The molecule has 6 nitrogen and oxygen atoms in total. The number of rotatable bonds is 6. The summed E-state index contributed by atoms with van der Waals surface area (Å²) in [5.74, 6) is 1.80. The number of aliphatic imine (C=N–C) groups is 1. The fourth-order valence-corrected chi connectivity index (χ4v) is 2.90. The molecule has 0 aromatic carbocycles. The summed E-state index contributed by atoms with van der Waals surface area (Å²) in [5.41, 5.74) is 2.23. The maximum absolute atomic E-state index is 6.08. The van der Waals surface area contributed by atoms with Crippen LogP contribution in [0.2, 0.25) is 5.02 Å². The molecule has 0 aliphatic carbocycles. The molecular formula is C18H28ClIN6. The van der Waals surface area contributed by atoms with Crippen LogP contribution in [0.1, 0.15) is 18.2 Å². The third-order valence-corrected chi connectivity index (χ3v) is 4.07. The average molecular weight is 491 g/mol. The van der Waals surface area contributed by atoms with Crippen molar-refractivity contribution in [3.05, 3.63) is 46.9 Å². The monoisotopic (exact) mass is 490 g/mol. The first-order valence-electron chi connectivity index (χ1n) is 8.33. The molecule has 0 unspecified atom stereocenters. The molecule has 0 radical (unpaired) electrons. The number of guanidine groups is 1. The molecule has 0 spiro atoms. The van der Waals surface area contributed by atoms with Gasteiger partial charge >= 0.3 is 0 Å². The number of halogens is 2. The Balaban J connectivity index is 0.00000338. The van der Waals surface area contributed by atoms with Crippen LogP contribution < -0.4 is 10.2 Å². The normalized spacial score (nSPS) is 11.1. The third-order valence-electron chi connectivity index (χ3n) is 3.86. The van der Waals surface area contributed by atoms with Crippen molar-refractivity contribution in [2.45, 2.75) is 20.0 Å². The van der Waals surface area contributed by atoms with Gasteiger partial charge in [-0.2, -0.15) is 0 Å². The summed E-state index contributed by atoms with van der Waals surface area (Å²) in [6, 6.07) is 5.99. The number of anilines is 1. The highest BCUT2D eigenvalue weighted by molar-refractivity contribution is 14.0. The van der Waals surface area contributed by atoms with E-state index in [-0.39, 0.29) is 24.0 Å². The molecule has 1 N–H and O–H groups in total. The van der Waals surface area contributed by atoms with Crippen LogP contribution in [-0.4, -0.2) is 48.1 Å². The van der Waals surface area contributed by atoms with Crippen molar-refractivity contribution in [3.63, 3.8) is 0 Å². The van der Waals surface area contributed by atoms with Crippen molar-refractivity contribution in [3.8, 4) is 0 Å². The van der Waals surface area contributed by atoms with Gasteiger partial charge in [0.15, 0.2) is 5.96 Å². The Morgan fingerprint density at radius 3 is 2.65 bits per heavy atom. The Labute approximate surface area is 178 Å². The molecule has 0 aliphatic heterocycles. The second kappa shape index (κ2) is 10.6. The largest absolute Gasteiger partial charge is 0.362 e. The van der Waals surface area contributed by atoms with E-state index in [0.717, 1.165) is 41.1 Å². The van der Waals surface area contributed by atoms with Gasteiger partial charge in [0.2, 0.25) is 0 Å². The molecule has 0 aliphatic rings. The molecule has 2 aromatic rings. The van der Waals surface area contributed by atoms with Crippen LogP contribution >= 0.6 is 35.6 Å². The van der Waals surface area contributed by atoms with E-state index < -0.39 is 0 Å². The standard InChI is InChI=1S/C18H27ClN6.HI/c1-6-20-18(25(5)13-16-10-15(19)12-24(16)4)22-11-14-8-7-9-21-17(14)23(2)3;/h7-10,12H,6,11,13H2,1-5H3,(H,20,22);1H. The molecule has 0 bridgehead atoms. The van der Waals surface area contributed by atoms with Crippen molar-refractivity contribution >= 4 is 47.4 Å². The first-order valence-corrected chi connectivity index (χ1v) is 8.71. The van der Waals surface area contributed by atoms with Gasteiger partial charge in [0, 0.05) is 58.4 Å². The molecule has 0 fully saturated rings. The van der Waals surface area contributed by atoms with Crippen molar-refractivity contribution in [2.24, 2.45) is 12.0 Å². The fraction of sp³-hybridized carbons (Fsp3) is 0.444. The summed E-state index contributed by atoms with van der Waals surface area (Å²) < 4.78 is 2.04. The van der Waals surface area contributed by atoms with E-state index in [9.17, 15) is 0 Å². The first kappa shape index (κ1) is 22.6. The summed E-state index contributed by atoms with van der Waals surface area (Å²) in [5, 5.41) is 4.10. The number of nitrogens with zero attached hydrogens (tertiary/aromatic N) is 5. The molecule has 0 atom stereocenters. The van der Waals surface area contributed by atoms with E-state index >= 15 is 0 Å². The number of hydrogen-bond acceptors (Lipinski definition) is 3. The van der Waals surface area contributed by atoms with E-state index in [1.54, 1.807) is 6.20 Å². The first-order chi connectivity index (χ1) is 11.9. The highest BCUT2D eigenvalue weighted by Crippen LogP contribution is 2.16. The fourth-order valence-electron chi connectivity index (χ4n) is 2.63. The van der Waals surface area contributed by atoms with Crippen LogP contribution in [0.5, 0.6) is 0 Å². The van der Waals surface area contributed by atoms with Crippen LogP contribution in [0.25, 0.3) is 0 Å². The minimum Gasteiger partial charge on any atom is -0.362 e. The van der Waals surface area contributed by atoms with E-state index in [4.69, 9.17) is 16.6 Å².